The zero-order valence-electron chi connectivity index (χ0n) is 12.4. The van der Waals surface area contributed by atoms with Crippen LogP contribution in [-0.4, -0.2) is 35.9 Å². The van der Waals surface area contributed by atoms with Crippen LogP contribution in [-0.2, 0) is 6.42 Å². The van der Waals surface area contributed by atoms with Gasteiger partial charge in [-0.2, -0.15) is 0 Å². The van der Waals surface area contributed by atoms with Crippen LogP contribution in [0.2, 0.25) is 0 Å². The maximum absolute atomic E-state index is 8.83. The van der Waals surface area contributed by atoms with E-state index in [4.69, 9.17) is 20.3 Å². The first kappa shape index (κ1) is 15.3. The van der Waals surface area contributed by atoms with E-state index in [0.29, 0.717) is 11.5 Å². The number of hydrogen-bond donors (Lipinski definition) is 2. The van der Waals surface area contributed by atoms with Crippen molar-refractivity contribution < 1.29 is 14.6 Å². The molecule has 0 saturated heterocycles. The molecule has 21 heavy (non-hydrogen) atoms. The van der Waals surface area contributed by atoms with Gasteiger partial charge in [0.1, 0.15) is 0 Å². The van der Waals surface area contributed by atoms with Crippen molar-refractivity contribution in [2.24, 2.45) is 0 Å². The quantitative estimate of drug-likeness (QED) is 0.758. The topological polar surface area (TPSA) is 90.5 Å². The first-order valence-corrected chi connectivity index (χ1v) is 6.98. The van der Waals surface area contributed by atoms with Crippen LogP contribution in [0.15, 0.2) is 12.1 Å². The van der Waals surface area contributed by atoms with Crippen molar-refractivity contribution in [1.82, 2.24) is 9.97 Å². The van der Waals surface area contributed by atoms with Gasteiger partial charge in [0.05, 0.1) is 25.4 Å². The van der Waals surface area contributed by atoms with Crippen molar-refractivity contribution >= 4 is 16.9 Å². The highest BCUT2D eigenvalue weighted by Crippen LogP contribution is 2.33. The van der Waals surface area contributed by atoms with E-state index in [-0.39, 0.29) is 12.6 Å². The monoisotopic (exact) mass is 291 g/mol. The molecule has 0 saturated carbocycles. The highest BCUT2D eigenvalue weighted by atomic mass is 16.5. The Morgan fingerprint density at radius 1 is 1.05 bits per heavy atom. The summed E-state index contributed by atoms with van der Waals surface area (Å²) in [5, 5.41) is 9.75. The second kappa shape index (κ2) is 7.08. The van der Waals surface area contributed by atoms with Crippen LogP contribution in [0.5, 0.6) is 11.5 Å². The van der Waals surface area contributed by atoms with Crippen LogP contribution < -0.4 is 15.2 Å². The summed E-state index contributed by atoms with van der Waals surface area (Å²) in [6, 6.07) is 3.69. The van der Waals surface area contributed by atoms with Crippen molar-refractivity contribution in [2.45, 2.75) is 25.7 Å². The fourth-order valence-corrected chi connectivity index (χ4v) is 2.31. The Hall–Kier alpha value is -2.08. The van der Waals surface area contributed by atoms with Crippen molar-refractivity contribution in [3.05, 3.63) is 17.8 Å². The SMILES string of the molecule is COc1cc2nc(N)nc(CCCCCO)c2cc1OC. The van der Waals surface area contributed by atoms with E-state index in [0.717, 1.165) is 42.3 Å². The fraction of sp³-hybridized carbons (Fsp3) is 0.467. The molecule has 0 aliphatic carbocycles. The number of hydrogen-bond acceptors (Lipinski definition) is 6. The average molecular weight is 291 g/mol. The first-order valence-electron chi connectivity index (χ1n) is 6.98. The van der Waals surface area contributed by atoms with Crippen LogP contribution in [0.25, 0.3) is 10.9 Å². The number of nitrogen functional groups attached to an aromatic ring is 1. The summed E-state index contributed by atoms with van der Waals surface area (Å²) in [5.41, 5.74) is 7.43. The lowest BCUT2D eigenvalue weighted by atomic mass is 10.1. The molecule has 0 radical (unpaired) electrons. The van der Waals surface area contributed by atoms with Gasteiger partial charge in [-0.1, -0.05) is 6.42 Å². The Bertz CT molecular complexity index is 617. The number of aliphatic hydroxyl groups excluding tert-OH is 1. The smallest absolute Gasteiger partial charge is 0.220 e. The number of nitrogens with two attached hydrogens (primary N) is 1. The van der Waals surface area contributed by atoms with Gasteiger partial charge in [0.25, 0.3) is 0 Å². The molecule has 0 aliphatic rings. The molecule has 1 aromatic heterocycles. The molecule has 0 amide bonds. The van der Waals surface area contributed by atoms with Gasteiger partial charge in [-0.15, -0.1) is 0 Å². The number of benzene rings is 1. The summed E-state index contributed by atoms with van der Waals surface area (Å²) in [4.78, 5) is 8.59. The number of rotatable bonds is 7. The molecule has 0 bridgehead atoms. The highest BCUT2D eigenvalue weighted by Gasteiger charge is 2.12. The van der Waals surface area contributed by atoms with E-state index < -0.39 is 0 Å². The predicted molar refractivity (Wildman–Crippen MR) is 81.7 cm³/mol. The number of anilines is 1. The molecule has 114 valence electrons. The zero-order valence-corrected chi connectivity index (χ0v) is 12.4. The summed E-state index contributed by atoms with van der Waals surface area (Å²) < 4.78 is 10.6. The summed E-state index contributed by atoms with van der Waals surface area (Å²) in [6.45, 7) is 0.220. The van der Waals surface area contributed by atoms with Crippen LogP contribution in [0.4, 0.5) is 5.95 Å². The minimum absolute atomic E-state index is 0.220. The predicted octanol–water partition coefficient (Wildman–Crippen LogP) is 1.93. The maximum Gasteiger partial charge on any atom is 0.220 e. The van der Waals surface area contributed by atoms with E-state index >= 15 is 0 Å². The summed E-state index contributed by atoms with van der Waals surface area (Å²) in [7, 11) is 3.19. The summed E-state index contributed by atoms with van der Waals surface area (Å²) >= 11 is 0. The van der Waals surface area contributed by atoms with Gasteiger partial charge in [0.15, 0.2) is 11.5 Å². The number of nitrogens with zero attached hydrogens (tertiary/aromatic N) is 2. The summed E-state index contributed by atoms with van der Waals surface area (Å²) in [5.74, 6) is 1.52. The van der Waals surface area contributed by atoms with Crippen LogP contribution in [0.3, 0.4) is 0 Å². The minimum Gasteiger partial charge on any atom is -0.493 e. The second-order valence-corrected chi connectivity index (χ2v) is 4.79. The van der Waals surface area contributed by atoms with Gasteiger partial charge in [0.2, 0.25) is 5.95 Å². The third kappa shape index (κ3) is 3.52. The molecule has 0 fully saturated rings. The first-order chi connectivity index (χ1) is 10.2. The Kier molecular flexibility index (Phi) is 5.16. The lowest BCUT2D eigenvalue weighted by Gasteiger charge is -2.11. The Morgan fingerprint density at radius 2 is 1.76 bits per heavy atom. The molecule has 0 unspecified atom stereocenters. The van der Waals surface area contributed by atoms with E-state index in [2.05, 4.69) is 9.97 Å². The lowest BCUT2D eigenvalue weighted by Crippen LogP contribution is -2.02. The highest BCUT2D eigenvalue weighted by molar-refractivity contribution is 5.85. The second-order valence-electron chi connectivity index (χ2n) is 4.79. The van der Waals surface area contributed by atoms with E-state index in [1.165, 1.54) is 0 Å². The van der Waals surface area contributed by atoms with Crippen molar-refractivity contribution in [1.29, 1.82) is 0 Å². The zero-order chi connectivity index (χ0) is 15.2. The number of methoxy groups -OCH3 is 2. The van der Waals surface area contributed by atoms with Gasteiger partial charge < -0.3 is 20.3 Å². The minimum atomic E-state index is 0.220. The van der Waals surface area contributed by atoms with Gasteiger partial charge in [-0.05, 0) is 25.3 Å². The van der Waals surface area contributed by atoms with E-state index in [1.54, 1.807) is 14.2 Å². The van der Waals surface area contributed by atoms with Gasteiger partial charge in [-0.25, -0.2) is 9.97 Å². The molecule has 2 rings (SSSR count). The van der Waals surface area contributed by atoms with Gasteiger partial charge in [0, 0.05) is 18.1 Å². The molecular weight excluding hydrogens is 270 g/mol. The molecule has 3 N–H and O–H groups in total. The molecule has 1 heterocycles. The molecule has 6 heteroatoms. The van der Waals surface area contributed by atoms with Crippen LogP contribution in [0, 0.1) is 0 Å². The molecular formula is C15H21N3O3. The number of aromatic nitrogens is 2. The molecule has 0 atom stereocenters. The molecule has 0 aliphatic heterocycles. The average Bonchev–Trinajstić information content (AvgIpc) is 2.49. The van der Waals surface area contributed by atoms with E-state index in [9.17, 15) is 0 Å². The number of ether oxygens (including phenoxy) is 2. The van der Waals surface area contributed by atoms with Gasteiger partial charge >= 0.3 is 0 Å². The number of fused-ring (bicyclic) bond motifs is 1. The lowest BCUT2D eigenvalue weighted by molar-refractivity contribution is 0.283. The van der Waals surface area contributed by atoms with E-state index in [1.807, 2.05) is 12.1 Å². The third-order valence-corrected chi connectivity index (χ3v) is 3.37. The molecule has 2 aromatic rings. The van der Waals surface area contributed by atoms with Crippen LogP contribution in [0.1, 0.15) is 25.0 Å². The maximum atomic E-state index is 8.83. The Balaban J connectivity index is 2.39. The molecule has 1 aromatic carbocycles. The van der Waals surface area contributed by atoms with Crippen molar-refractivity contribution in [2.75, 3.05) is 26.6 Å². The number of aryl methyl sites for hydroxylation is 1. The Morgan fingerprint density at radius 3 is 2.43 bits per heavy atom. The van der Waals surface area contributed by atoms with Crippen molar-refractivity contribution in [3.63, 3.8) is 0 Å². The normalized spacial score (nSPS) is 10.8. The number of aliphatic hydroxyl groups is 1. The largest absolute Gasteiger partial charge is 0.493 e. The Labute approximate surface area is 123 Å². The fourth-order valence-electron chi connectivity index (χ4n) is 2.31. The standard InChI is InChI=1S/C15H21N3O3/c1-20-13-8-10-11(6-4-3-5-7-19)17-15(16)18-12(10)9-14(13)21-2/h8-9,19H,3-7H2,1-2H3,(H2,16,17,18). The third-order valence-electron chi connectivity index (χ3n) is 3.37. The van der Waals surface area contributed by atoms with Crippen molar-refractivity contribution in [3.8, 4) is 11.5 Å². The molecule has 6 nitrogen and oxygen atoms in total. The van der Waals surface area contributed by atoms with Gasteiger partial charge in [-0.3, -0.25) is 0 Å². The summed E-state index contributed by atoms with van der Waals surface area (Å²) in [6.07, 6.45) is 3.49. The number of unbranched alkanes of at least 4 members (excludes halogenated alkanes) is 2. The molecule has 0 spiro atoms. The van der Waals surface area contributed by atoms with Crippen LogP contribution >= 0.6 is 0 Å².